The molecule has 1 heterocycles. The largest absolute Gasteiger partial charge is 0.320 e. The van der Waals surface area contributed by atoms with Crippen LogP contribution in [-0.2, 0) is 11.8 Å². The molecular weight excluding hydrogens is 269 g/mol. The van der Waals surface area contributed by atoms with E-state index in [2.05, 4.69) is 10.3 Å². The lowest BCUT2D eigenvalue weighted by molar-refractivity contribution is -0.119. The number of benzene rings is 1. The molecule has 1 aromatic carbocycles. The van der Waals surface area contributed by atoms with Gasteiger partial charge in [-0.05, 0) is 37.1 Å². The first-order valence-corrected chi connectivity index (χ1v) is 7.23. The Bertz CT molecular complexity index is 642. The van der Waals surface area contributed by atoms with Crippen molar-refractivity contribution < 1.29 is 9.18 Å². The second-order valence-corrected chi connectivity index (χ2v) is 5.53. The summed E-state index contributed by atoms with van der Waals surface area (Å²) < 4.78 is 14.8. The SMILES string of the molecule is Cn1cnc(-c2ccc(F)cc2)c1NC(=O)C1CCCC1. The molecule has 1 N–H and O–H groups in total. The van der Waals surface area contributed by atoms with Crippen molar-refractivity contribution in [1.29, 1.82) is 0 Å². The highest BCUT2D eigenvalue weighted by Gasteiger charge is 2.24. The van der Waals surface area contributed by atoms with Crippen LogP contribution in [0.15, 0.2) is 30.6 Å². The van der Waals surface area contributed by atoms with Gasteiger partial charge in [0.15, 0.2) is 0 Å². The van der Waals surface area contributed by atoms with Gasteiger partial charge in [-0.15, -0.1) is 0 Å². The summed E-state index contributed by atoms with van der Waals surface area (Å²) in [4.78, 5) is 16.6. The molecule has 1 amide bonds. The van der Waals surface area contributed by atoms with Crippen molar-refractivity contribution >= 4 is 11.7 Å². The number of nitrogens with one attached hydrogen (secondary N) is 1. The van der Waals surface area contributed by atoms with Gasteiger partial charge in [-0.1, -0.05) is 12.8 Å². The molecule has 3 rings (SSSR count). The van der Waals surface area contributed by atoms with Crippen molar-refractivity contribution in [2.45, 2.75) is 25.7 Å². The second kappa shape index (κ2) is 5.68. The van der Waals surface area contributed by atoms with E-state index in [9.17, 15) is 9.18 Å². The smallest absolute Gasteiger partial charge is 0.228 e. The van der Waals surface area contributed by atoms with Crippen LogP contribution in [0.25, 0.3) is 11.3 Å². The number of hydrogen-bond acceptors (Lipinski definition) is 2. The van der Waals surface area contributed by atoms with Gasteiger partial charge in [-0.2, -0.15) is 0 Å². The van der Waals surface area contributed by atoms with E-state index in [1.807, 2.05) is 7.05 Å². The molecule has 1 aromatic heterocycles. The van der Waals surface area contributed by atoms with Crippen molar-refractivity contribution in [2.75, 3.05) is 5.32 Å². The number of anilines is 1. The quantitative estimate of drug-likeness (QED) is 0.941. The molecule has 0 aliphatic heterocycles. The summed E-state index contributed by atoms with van der Waals surface area (Å²) in [6.45, 7) is 0. The van der Waals surface area contributed by atoms with Gasteiger partial charge in [0.05, 0.1) is 6.33 Å². The molecule has 0 unspecified atom stereocenters. The molecule has 1 fully saturated rings. The Morgan fingerprint density at radius 1 is 1.29 bits per heavy atom. The Kier molecular flexibility index (Phi) is 3.73. The van der Waals surface area contributed by atoms with Crippen LogP contribution >= 0.6 is 0 Å². The van der Waals surface area contributed by atoms with Gasteiger partial charge < -0.3 is 9.88 Å². The predicted molar refractivity (Wildman–Crippen MR) is 79.2 cm³/mol. The van der Waals surface area contributed by atoms with E-state index in [1.54, 1.807) is 23.0 Å². The molecule has 0 bridgehead atoms. The number of amides is 1. The zero-order valence-electron chi connectivity index (χ0n) is 12.0. The average molecular weight is 287 g/mol. The Balaban J connectivity index is 1.86. The number of nitrogens with zero attached hydrogens (tertiary/aromatic N) is 2. The molecule has 4 nitrogen and oxygen atoms in total. The molecule has 1 aliphatic rings. The minimum atomic E-state index is -0.286. The summed E-state index contributed by atoms with van der Waals surface area (Å²) in [7, 11) is 1.84. The van der Waals surface area contributed by atoms with Crippen LogP contribution in [0.3, 0.4) is 0 Å². The van der Waals surface area contributed by atoms with E-state index in [1.165, 1.54) is 12.1 Å². The standard InChI is InChI=1S/C16H18FN3O/c1-20-10-18-14(11-6-8-13(17)9-7-11)15(20)19-16(21)12-4-2-3-5-12/h6-10,12H,2-5H2,1H3,(H,19,21). The van der Waals surface area contributed by atoms with Gasteiger partial charge in [-0.25, -0.2) is 9.37 Å². The summed E-state index contributed by atoms with van der Waals surface area (Å²) >= 11 is 0. The first-order valence-electron chi connectivity index (χ1n) is 7.23. The molecule has 1 aliphatic carbocycles. The third-order valence-electron chi connectivity index (χ3n) is 4.02. The molecule has 2 aromatic rings. The second-order valence-electron chi connectivity index (χ2n) is 5.53. The summed E-state index contributed by atoms with van der Waals surface area (Å²) in [5, 5.41) is 2.98. The first-order chi connectivity index (χ1) is 10.1. The van der Waals surface area contributed by atoms with Gasteiger partial charge in [0.2, 0.25) is 5.91 Å². The lowest BCUT2D eigenvalue weighted by atomic mass is 10.1. The van der Waals surface area contributed by atoms with Gasteiger partial charge in [0, 0.05) is 18.5 Å². The van der Waals surface area contributed by atoms with Crippen LogP contribution in [0.1, 0.15) is 25.7 Å². The molecule has 0 atom stereocenters. The third-order valence-corrected chi connectivity index (χ3v) is 4.02. The molecule has 5 heteroatoms. The van der Waals surface area contributed by atoms with Gasteiger partial charge >= 0.3 is 0 Å². The van der Waals surface area contributed by atoms with E-state index in [-0.39, 0.29) is 17.6 Å². The number of imidazole rings is 1. The molecule has 0 spiro atoms. The van der Waals surface area contributed by atoms with Crippen molar-refractivity contribution in [3.8, 4) is 11.3 Å². The highest BCUT2D eigenvalue weighted by Crippen LogP contribution is 2.29. The predicted octanol–water partition coefficient (Wildman–Crippen LogP) is 3.35. The third kappa shape index (κ3) is 2.82. The highest BCUT2D eigenvalue weighted by atomic mass is 19.1. The van der Waals surface area contributed by atoms with E-state index in [0.29, 0.717) is 11.5 Å². The summed E-state index contributed by atoms with van der Waals surface area (Å²) in [6, 6.07) is 6.13. The maximum atomic E-state index is 13.0. The van der Waals surface area contributed by atoms with Crippen LogP contribution in [0.2, 0.25) is 0 Å². The lowest BCUT2D eigenvalue weighted by Gasteiger charge is -2.12. The lowest BCUT2D eigenvalue weighted by Crippen LogP contribution is -2.22. The summed E-state index contributed by atoms with van der Waals surface area (Å²) in [6.07, 6.45) is 5.80. The summed E-state index contributed by atoms with van der Waals surface area (Å²) in [5.74, 6) is 0.533. The number of aryl methyl sites for hydroxylation is 1. The molecule has 21 heavy (non-hydrogen) atoms. The maximum Gasteiger partial charge on any atom is 0.228 e. The fraction of sp³-hybridized carbons (Fsp3) is 0.375. The minimum Gasteiger partial charge on any atom is -0.320 e. The van der Waals surface area contributed by atoms with Crippen LogP contribution in [0, 0.1) is 11.7 Å². The normalized spacial score (nSPS) is 15.3. The number of carbonyl (C=O) groups is 1. The highest BCUT2D eigenvalue weighted by molar-refractivity contribution is 5.95. The maximum absolute atomic E-state index is 13.0. The van der Waals surface area contributed by atoms with Gasteiger partial charge in [0.1, 0.15) is 17.3 Å². The van der Waals surface area contributed by atoms with Crippen LogP contribution in [0.5, 0.6) is 0 Å². The Hall–Kier alpha value is -2.17. The van der Waals surface area contributed by atoms with Crippen molar-refractivity contribution in [3.63, 3.8) is 0 Å². The van der Waals surface area contributed by atoms with Crippen molar-refractivity contribution in [2.24, 2.45) is 13.0 Å². The number of hydrogen-bond donors (Lipinski definition) is 1. The zero-order valence-corrected chi connectivity index (χ0v) is 12.0. The van der Waals surface area contributed by atoms with Gasteiger partial charge in [0.25, 0.3) is 0 Å². The van der Waals surface area contributed by atoms with E-state index >= 15 is 0 Å². The van der Waals surface area contributed by atoms with E-state index in [4.69, 9.17) is 0 Å². The fourth-order valence-electron chi connectivity index (χ4n) is 2.80. The van der Waals surface area contributed by atoms with E-state index in [0.717, 1.165) is 31.2 Å². The zero-order chi connectivity index (χ0) is 14.8. The Morgan fingerprint density at radius 3 is 2.62 bits per heavy atom. The number of halogens is 1. The summed E-state index contributed by atoms with van der Waals surface area (Å²) in [5.41, 5.74) is 1.46. The number of carbonyl (C=O) groups excluding carboxylic acids is 1. The van der Waals surface area contributed by atoms with Crippen LogP contribution < -0.4 is 5.32 Å². The van der Waals surface area contributed by atoms with Crippen molar-refractivity contribution in [1.82, 2.24) is 9.55 Å². The molecule has 0 saturated heterocycles. The number of rotatable bonds is 3. The molecule has 110 valence electrons. The Morgan fingerprint density at radius 2 is 1.95 bits per heavy atom. The van der Waals surface area contributed by atoms with Crippen LogP contribution in [-0.4, -0.2) is 15.5 Å². The van der Waals surface area contributed by atoms with Crippen LogP contribution in [0.4, 0.5) is 10.2 Å². The van der Waals surface area contributed by atoms with Gasteiger partial charge in [-0.3, -0.25) is 4.79 Å². The molecule has 1 saturated carbocycles. The topological polar surface area (TPSA) is 46.9 Å². The molecule has 0 radical (unpaired) electrons. The number of aromatic nitrogens is 2. The molecular formula is C16H18FN3O. The first kappa shape index (κ1) is 13.8. The monoisotopic (exact) mass is 287 g/mol. The fourth-order valence-corrected chi connectivity index (χ4v) is 2.80. The average Bonchev–Trinajstić information content (AvgIpc) is 3.11. The van der Waals surface area contributed by atoms with Crippen molar-refractivity contribution in [3.05, 3.63) is 36.4 Å². The minimum absolute atomic E-state index is 0.0551. The van der Waals surface area contributed by atoms with E-state index < -0.39 is 0 Å². The Labute approximate surface area is 123 Å².